The first-order valence-electron chi connectivity index (χ1n) is 6.67. The van der Waals surface area contributed by atoms with E-state index in [1.54, 1.807) is 19.2 Å². The number of nitrogens with one attached hydrogen (secondary N) is 1. The average molecular weight is 313 g/mol. The summed E-state index contributed by atoms with van der Waals surface area (Å²) < 4.78 is 5.16. The largest absolute Gasteiger partial charge is 0.497 e. The number of H-pyrrole nitrogens is 1. The van der Waals surface area contributed by atoms with Crippen LogP contribution in [0.4, 0.5) is 0 Å². The fourth-order valence-electron chi connectivity index (χ4n) is 2.22. The monoisotopic (exact) mass is 312 g/mol. The topological polar surface area (TPSA) is 55.0 Å². The van der Waals surface area contributed by atoms with Gasteiger partial charge < -0.3 is 4.74 Å². The van der Waals surface area contributed by atoms with E-state index >= 15 is 0 Å². The molecule has 0 bridgehead atoms. The van der Waals surface area contributed by atoms with Crippen molar-refractivity contribution in [2.24, 2.45) is 0 Å². The number of rotatable bonds is 3. The Morgan fingerprint density at radius 2 is 1.64 bits per heavy atom. The molecule has 0 spiro atoms. The summed E-state index contributed by atoms with van der Waals surface area (Å²) >= 11 is 5.92. The van der Waals surface area contributed by atoms with Gasteiger partial charge in [0, 0.05) is 22.2 Å². The molecule has 0 aliphatic rings. The second-order valence-corrected chi connectivity index (χ2v) is 5.17. The highest BCUT2D eigenvalue weighted by Crippen LogP contribution is 2.30. The zero-order chi connectivity index (χ0) is 15.5. The number of nitrogens with zero attached hydrogens (tertiary/aromatic N) is 1. The Morgan fingerprint density at radius 1 is 1.00 bits per heavy atom. The molecular weight excluding hydrogens is 300 g/mol. The van der Waals surface area contributed by atoms with Crippen molar-refractivity contribution in [3.05, 3.63) is 70.0 Å². The van der Waals surface area contributed by atoms with Gasteiger partial charge in [0.25, 0.3) is 5.56 Å². The van der Waals surface area contributed by atoms with Gasteiger partial charge in [0.15, 0.2) is 0 Å². The molecule has 0 aliphatic heterocycles. The van der Waals surface area contributed by atoms with Crippen molar-refractivity contribution in [3.8, 4) is 28.1 Å². The summed E-state index contributed by atoms with van der Waals surface area (Å²) in [4.78, 5) is 11.7. The van der Waals surface area contributed by atoms with Crippen molar-refractivity contribution in [3.63, 3.8) is 0 Å². The lowest BCUT2D eigenvalue weighted by molar-refractivity contribution is 0.415. The van der Waals surface area contributed by atoms with Crippen LogP contribution in [0.2, 0.25) is 5.02 Å². The van der Waals surface area contributed by atoms with E-state index in [1.165, 1.54) is 6.07 Å². The van der Waals surface area contributed by atoms with Crippen LogP contribution in [0.25, 0.3) is 22.4 Å². The molecule has 5 heteroatoms. The fraction of sp³-hybridized carbons (Fsp3) is 0.0588. The lowest BCUT2D eigenvalue weighted by Crippen LogP contribution is -2.08. The fourth-order valence-corrected chi connectivity index (χ4v) is 2.35. The summed E-state index contributed by atoms with van der Waals surface area (Å²) in [6.07, 6.45) is 0. The van der Waals surface area contributed by atoms with Crippen LogP contribution in [0.1, 0.15) is 0 Å². The molecule has 0 fully saturated rings. The first-order chi connectivity index (χ1) is 10.7. The molecular formula is C17H13ClN2O2. The molecule has 0 saturated carbocycles. The molecule has 2 aromatic carbocycles. The number of benzene rings is 2. The summed E-state index contributed by atoms with van der Waals surface area (Å²) in [7, 11) is 1.62. The molecule has 110 valence electrons. The van der Waals surface area contributed by atoms with Gasteiger partial charge in [-0.05, 0) is 42.0 Å². The van der Waals surface area contributed by atoms with Crippen LogP contribution in [0.3, 0.4) is 0 Å². The van der Waals surface area contributed by atoms with Gasteiger partial charge in [0.1, 0.15) is 5.75 Å². The lowest BCUT2D eigenvalue weighted by Gasteiger charge is -2.09. The molecule has 0 amide bonds. The number of ether oxygens (including phenoxy) is 1. The SMILES string of the molecule is COc1ccc(-c2n[nH]c(=O)cc2-c2ccc(Cl)cc2)cc1. The highest BCUT2D eigenvalue weighted by Gasteiger charge is 2.10. The van der Waals surface area contributed by atoms with Crippen molar-refractivity contribution >= 4 is 11.6 Å². The Bertz CT molecular complexity index is 840. The van der Waals surface area contributed by atoms with Crippen molar-refractivity contribution in [1.29, 1.82) is 0 Å². The predicted molar refractivity (Wildman–Crippen MR) is 87.3 cm³/mol. The zero-order valence-corrected chi connectivity index (χ0v) is 12.6. The van der Waals surface area contributed by atoms with E-state index < -0.39 is 0 Å². The molecule has 0 saturated heterocycles. The summed E-state index contributed by atoms with van der Waals surface area (Å²) in [5.74, 6) is 0.765. The van der Waals surface area contributed by atoms with E-state index in [-0.39, 0.29) is 5.56 Å². The third-order valence-electron chi connectivity index (χ3n) is 3.33. The Labute approximate surface area is 132 Å². The maximum Gasteiger partial charge on any atom is 0.264 e. The first-order valence-corrected chi connectivity index (χ1v) is 7.05. The molecule has 1 N–H and O–H groups in total. The van der Waals surface area contributed by atoms with E-state index in [9.17, 15) is 4.79 Å². The van der Waals surface area contributed by atoms with E-state index in [2.05, 4.69) is 10.2 Å². The molecule has 1 heterocycles. The first kappa shape index (κ1) is 14.4. The third-order valence-corrected chi connectivity index (χ3v) is 3.58. The van der Waals surface area contributed by atoms with Crippen molar-refractivity contribution in [2.45, 2.75) is 0 Å². The van der Waals surface area contributed by atoms with Crippen LogP contribution in [-0.2, 0) is 0 Å². The van der Waals surface area contributed by atoms with E-state index in [4.69, 9.17) is 16.3 Å². The molecule has 0 radical (unpaired) electrons. The molecule has 1 aromatic heterocycles. The highest BCUT2D eigenvalue weighted by molar-refractivity contribution is 6.30. The highest BCUT2D eigenvalue weighted by atomic mass is 35.5. The zero-order valence-electron chi connectivity index (χ0n) is 11.8. The summed E-state index contributed by atoms with van der Waals surface area (Å²) in [5.41, 5.74) is 2.98. The van der Waals surface area contributed by atoms with Crippen LogP contribution >= 0.6 is 11.6 Å². The van der Waals surface area contributed by atoms with Crippen molar-refractivity contribution < 1.29 is 4.74 Å². The maximum absolute atomic E-state index is 11.7. The van der Waals surface area contributed by atoms with Gasteiger partial charge in [-0.25, -0.2) is 5.10 Å². The number of halogens is 1. The second-order valence-electron chi connectivity index (χ2n) is 4.73. The second kappa shape index (κ2) is 6.03. The Kier molecular flexibility index (Phi) is 3.94. The molecule has 22 heavy (non-hydrogen) atoms. The minimum atomic E-state index is -0.248. The maximum atomic E-state index is 11.7. The molecule has 4 nitrogen and oxygen atoms in total. The Morgan fingerprint density at radius 3 is 2.27 bits per heavy atom. The molecule has 0 aliphatic carbocycles. The van der Waals surface area contributed by atoms with Crippen LogP contribution in [0, 0.1) is 0 Å². The minimum Gasteiger partial charge on any atom is -0.497 e. The van der Waals surface area contributed by atoms with Gasteiger partial charge in [0.05, 0.1) is 12.8 Å². The smallest absolute Gasteiger partial charge is 0.264 e. The van der Waals surface area contributed by atoms with Crippen molar-refractivity contribution in [1.82, 2.24) is 10.2 Å². The predicted octanol–water partition coefficient (Wildman–Crippen LogP) is 3.77. The molecule has 0 atom stereocenters. The molecule has 3 rings (SSSR count). The van der Waals surface area contributed by atoms with Crippen LogP contribution < -0.4 is 10.3 Å². The normalized spacial score (nSPS) is 10.5. The van der Waals surface area contributed by atoms with E-state index in [1.807, 2.05) is 36.4 Å². The number of aromatic nitrogens is 2. The summed E-state index contributed by atoms with van der Waals surface area (Å²) in [5, 5.41) is 7.32. The quantitative estimate of drug-likeness (QED) is 0.801. The Hall–Kier alpha value is -2.59. The van der Waals surface area contributed by atoms with Gasteiger partial charge in [-0.2, -0.15) is 5.10 Å². The van der Waals surface area contributed by atoms with E-state index in [0.29, 0.717) is 10.7 Å². The van der Waals surface area contributed by atoms with Crippen LogP contribution in [0.5, 0.6) is 5.75 Å². The third kappa shape index (κ3) is 2.87. The minimum absolute atomic E-state index is 0.248. The number of aromatic amines is 1. The summed E-state index contributed by atoms with van der Waals surface area (Å²) in [6, 6.07) is 16.4. The van der Waals surface area contributed by atoms with Gasteiger partial charge in [-0.1, -0.05) is 23.7 Å². The average Bonchev–Trinajstić information content (AvgIpc) is 2.56. The van der Waals surface area contributed by atoms with Gasteiger partial charge in [-0.3, -0.25) is 4.79 Å². The summed E-state index contributed by atoms with van der Waals surface area (Å²) in [6.45, 7) is 0. The van der Waals surface area contributed by atoms with Gasteiger partial charge in [-0.15, -0.1) is 0 Å². The number of methoxy groups -OCH3 is 1. The molecule has 3 aromatic rings. The molecule has 0 unspecified atom stereocenters. The van der Waals surface area contributed by atoms with Crippen LogP contribution in [-0.4, -0.2) is 17.3 Å². The Balaban J connectivity index is 2.15. The number of hydrogen-bond acceptors (Lipinski definition) is 3. The lowest BCUT2D eigenvalue weighted by atomic mass is 10.0. The van der Waals surface area contributed by atoms with Crippen molar-refractivity contribution in [2.75, 3.05) is 7.11 Å². The van der Waals surface area contributed by atoms with Gasteiger partial charge in [0.2, 0.25) is 0 Å². The number of hydrogen-bond donors (Lipinski definition) is 1. The van der Waals surface area contributed by atoms with Crippen LogP contribution in [0.15, 0.2) is 59.4 Å². The van der Waals surface area contributed by atoms with Gasteiger partial charge >= 0.3 is 0 Å². The van der Waals surface area contributed by atoms with E-state index in [0.717, 1.165) is 22.4 Å². The standard InChI is InChI=1S/C17H13ClN2O2/c1-22-14-8-4-12(5-9-14)17-15(10-16(21)19-20-17)11-2-6-13(18)7-3-11/h2-10H,1H3,(H,19,21).